The first-order valence-electron chi connectivity index (χ1n) is 4.08. The van der Waals surface area contributed by atoms with Gasteiger partial charge in [-0.3, -0.25) is 0 Å². The van der Waals surface area contributed by atoms with Gasteiger partial charge in [-0.1, -0.05) is 25.7 Å². The van der Waals surface area contributed by atoms with Crippen LogP contribution in [0.4, 0.5) is 0 Å². The molecule has 1 rings (SSSR count). The summed E-state index contributed by atoms with van der Waals surface area (Å²) in [5, 5.41) is 0. The SMILES string of the molecule is C1CCCCSCCC1. The minimum atomic E-state index is 1.42. The Morgan fingerprint density at radius 2 is 1.00 bits per heavy atom. The second-order valence-corrected chi connectivity index (χ2v) is 3.96. The molecule has 0 spiro atoms. The zero-order chi connectivity index (χ0) is 6.36. The lowest BCUT2D eigenvalue weighted by atomic mass is 10.1. The fraction of sp³-hybridized carbons (Fsp3) is 1.00. The van der Waals surface area contributed by atoms with Gasteiger partial charge in [-0.15, -0.1) is 0 Å². The molecule has 0 saturated carbocycles. The van der Waals surface area contributed by atoms with Crippen molar-refractivity contribution in [2.45, 2.75) is 38.5 Å². The molecule has 1 aliphatic heterocycles. The van der Waals surface area contributed by atoms with Gasteiger partial charge in [0.1, 0.15) is 0 Å². The van der Waals surface area contributed by atoms with Gasteiger partial charge >= 0.3 is 0 Å². The fourth-order valence-corrected chi connectivity index (χ4v) is 2.24. The molecular formula is C8H16S. The highest BCUT2D eigenvalue weighted by Crippen LogP contribution is 2.15. The van der Waals surface area contributed by atoms with Crippen molar-refractivity contribution in [1.82, 2.24) is 0 Å². The number of thioether (sulfide) groups is 1. The van der Waals surface area contributed by atoms with Crippen molar-refractivity contribution in [2.24, 2.45) is 0 Å². The molecule has 54 valence electrons. The Bertz CT molecular complexity index is 33.1. The molecule has 0 N–H and O–H groups in total. The molecule has 1 heteroatoms. The average molecular weight is 144 g/mol. The lowest BCUT2D eigenvalue weighted by Crippen LogP contribution is -1.79. The molecule has 0 radical (unpaired) electrons. The summed E-state index contributed by atoms with van der Waals surface area (Å²) >= 11 is 2.14. The molecule has 0 aromatic heterocycles. The Labute approximate surface area is 62.4 Å². The van der Waals surface area contributed by atoms with Crippen LogP contribution in [0, 0.1) is 0 Å². The zero-order valence-corrected chi connectivity index (χ0v) is 6.88. The van der Waals surface area contributed by atoms with Crippen LogP contribution in [-0.4, -0.2) is 11.5 Å². The van der Waals surface area contributed by atoms with Crippen molar-refractivity contribution in [3.63, 3.8) is 0 Å². The maximum Gasteiger partial charge on any atom is -0.00675 e. The van der Waals surface area contributed by atoms with Crippen LogP contribution in [0.1, 0.15) is 38.5 Å². The third-order valence-corrected chi connectivity index (χ3v) is 2.98. The van der Waals surface area contributed by atoms with E-state index in [1.807, 2.05) is 0 Å². The van der Waals surface area contributed by atoms with Crippen molar-refractivity contribution in [1.29, 1.82) is 0 Å². The first-order valence-corrected chi connectivity index (χ1v) is 5.23. The Kier molecular flexibility index (Phi) is 4.28. The van der Waals surface area contributed by atoms with Gasteiger partial charge in [-0.2, -0.15) is 11.8 Å². The van der Waals surface area contributed by atoms with Crippen molar-refractivity contribution < 1.29 is 0 Å². The van der Waals surface area contributed by atoms with Crippen molar-refractivity contribution in [2.75, 3.05) is 11.5 Å². The van der Waals surface area contributed by atoms with E-state index in [2.05, 4.69) is 11.8 Å². The van der Waals surface area contributed by atoms with Crippen LogP contribution in [-0.2, 0) is 0 Å². The molecule has 1 saturated heterocycles. The highest BCUT2D eigenvalue weighted by molar-refractivity contribution is 7.99. The van der Waals surface area contributed by atoms with Crippen LogP contribution in [0.3, 0.4) is 0 Å². The molecule has 0 nitrogen and oxygen atoms in total. The van der Waals surface area contributed by atoms with E-state index in [0.717, 1.165) is 0 Å². The van der Waals surface area contributed by atoms with E-state index in [-0.39, 0.29) is 0 Å². The highest BCUT2D eigenvalue weighted by Gasteiger charge is 1.95. The Balaban J connectivity index is 2.02. The molecule has 0 bridgehead atoms. The molecule has 1 heterocycles. The Hall–Kier alpha value is 0.350. The maximum absolute atomic E-state index is 2.14. The van der Waals surface area contributed by atoms with Gasteiger partial charge in [0.15, 0.2) is 0 Å². The predicted molar refractivity (Wildman–Crippen MR) is 45.0 cm³/mol. The third-order valence-electron chi connectivity index (χ3n) is 1.83. The fourth-order valence-electron chi connectivity index (χ4n) is 1.22. The topological polar surface area (TPSA) is 0 Å². The van der Waals surface area contributed by atoms with Crippen LogP contribution in [0.2, 0.25) is 0 Å². The van der Waals surface area contributed by atoms with E-state index in [1.54, 1.807) is 0 Å². The van der Waals surface area contributed by atoms with Gasteiger partial charge in [-0.25, -0.2) is 0 Å². The summed E-state index contributed by atoms with van der Waals surface area (Å²) in [5.41, 5.74) is 0. The van der Waals surface area contributed by atoms with Crippen molar-refractivity contribution >= 4 is 11.8 Å². The molecule has 0 aromatic rings. The van der Waals surface area contributed by atoms with Crippen LogP contribution < -0.4 is 0 Å². The number of hydrogen-bond donors (Lipinski definition) is 0. The molecule has 0 atom stereocenters. The summed E-state index contributed by atoms with van der Waals surface area (Å²) in [4.78, 5) is 0. The zero-order valence-electron chi connectivity index (χ0n) is 6.07. The number of rotatable bonds is 0. The molecule has 1 fully saturated rings. The van der Waals surface area contributed by atoms with Gasteiger partial charge in [0.2, 0.25) is 0 Å². The van der Waals surface area contributed by atoms with Gasteiger partial charge in [-0.05, 0) is 24.3 Å². The first-order chi connectivity index (χ1) is 4.50. The quantitative estimate of drug-likeness (QED) is 0.503. The lowest BCUT2D eigenvalue weighted by Gasteiger charge is -1.94. The standard InChI is InChI=1S/C8H16S/c1-2-4-6-8-9-7-5-3-1/h1-8H2. The second-order valence-electron chi connectivity index (χ2n) is 2.73. The minimum Gasteiger partial charge on any atom is -0.162 e. The molecule has 0 aliphatic carbocycles. The smallest absolute Gasteiger partial charge is 0.00675 e. The van der Waals surface area contributed by atoms with Gasteiger partial charge in [0.25, 0.3) is 0 Å². The number of hydrogen-bond acceptors (Lipinski definition) is 1. The van der Waals surface area contributed by atoms with E-state index in [9.17, 15) is 0 Å². The van der Waals surface area contributed by atoms with Crippen molar-refractivity contribution in [3.05, 3.63) is 0 Å². The normalized spacial score (nSPS) is 24.0. The van der Waals surface area contributed by atoms with Crippen LogP contribution >= 0.6 is 11.8 Å². The van der Waals surface area contributed by atoms with Crippen molar-refractivity contribution in [3.8, 4) is 0 Å². The van der Waals surface area contributed by atoms with Crippen LogP contribution in [0.5, 0.6) is 0 Å². The van der Waals surface area contributed by atoms with Gasteiger partial charge in [0.05, 0.1) is 0 Å². The Morgan fingerprint density at radius 3 is 1.56 bits per heavy atom. The minimum absolute atomic E-state index is 1.42. The lowest BCUT2D eigenvalue weighted by molar-refractivity contribution is 0.636. The first kappa shape index (κ1) is 7.46. The van der Waals surface area contributed by atoms with Gasteiger partial charge in [0, 0.05) is 0 Å². The predicted octanol–water partition coefficient (Wildman–Crippen LogP) is 3.07. The summed E-state index contributed by atoms with van der Waals surface area (Å²) in [6.07, 6.45) is 8.86. The molecule has 0 aromatic carbocycles. The van der Waals surface area contributed by atoms with E-state index in [0.29, 0.717) is 0 Å². The van der Waals surface area contributed by atoms with E-state index in [4.69, 9.17) is 0 Å². The summed E-state index contributed by atoms with van der Waals surface area (Å²) in [6.45, 7) is 0. The highest BCUT2D eigenvalue weighted by atomic mass is 32.2. The van der Waals surface area contributed by atoms with E-state index in [1.165, 1.54) is 50.0 Å². The summed E-state index contributed by atoms with van der Waals surface area (Å²) in [5.74, 6) is 2.83. The van der Waals surface area contributed by atoms with E-state index < -0.39 is 0 Å². The largest absolute Gasteiger partial charge is 0.162 e. The molecular weight excluding hydrogens is 128 g/mol. The summed E-state index contributed by atoms with van der Waals surface area (Å²) in [7, 11) is 0. The summed E-state index contributed by atoms with van der Waals surface area (Å²) < 4.78 is 0. The van der Waals surface area contributed by atoms with Crippen LogP contribution in [0.15, 0.2) is 0 Å². The van der Waals surface area contributed by atoms with Crippen LogP contribution in [0.25, 0.3) is 0 Å². The molecule has 9 heavy (non-hydrogen) atoms. The maximum atomic E-state index is 2.14. The average Bonchev–Trinajstić information content (AvgIpc) is 2.00. The second kappa shape index (κ2) is 5.16. The van der Waals surface area contributed by atoms with E-state index >= 15 is 0 Å². The third kappa shape index (κ3) is 3.85. The molecule has 1 aliphatic rings. The van der Waals surface area contributed by atoms with Gasteiger partial charge < -0.3 is 0 Å². The molecule has 0 amide bonds. The molecule has 0 unspecified atom stereocenters. The Morgan fingerprint density at radius 1 is 0.556 bits per heavy atom. The summed E-state index contributed by atoms with van der Waals surface area (Å²) in [6, 6.07) is 0. The monoisotopic (exact) mass is 144 g/mol.